The number of pyridine rings is 1. The lowest BCUT2D eigenvalue weighted by atomic mass is 10.2. The van der Waals surface area contributed by atoms with Crippen molar-refractivity contribution in [3.05, 3.63) is 70.6 Å². The van der Waals surface area contributed by atoms with Crippen LogP contribution < -0.4 is 0 Å². The maximum atomic E-state index is 12.0. The third kappa shape index (κ3) is 3.06. The quantitative estimate of drug-likeness (QED) is 0.693. The van der Waals surface area contributed by atoms with Crippen LogP contribution in [-0.2, 0) is 11.3 Å². The molecule has 0 radical (unpaired) electrons. The number of carbonyl (C=O) groups excluding carboxylic acids is 1. The van der Waals surface area contributed by atoms with Crippen molar-refractivity contribution in [3.8, 4) is 0 Å². The fourth-order valence-corrected chi connectivity index (χ4v) is 2.11. The van der Waals surface area contributed by atoms with Gasteiger partial charge >= 0.3 is 5.97 Å². The number of imidazole rings is 1. The molecule has 106 valence electrons. The Morgan fingerprint density at radius 1 is 1.29 bits per heavy atom. The summed E-state index contributed by atoms with van der Waals surface area (Å²) < 4.78 is 7.05. The van der Waals surface area contributed by atoms with Gasteiger partial charge in [0.25, 0.3) is 0 Å². The monoisotopic (exact) mass is 300 g/mol. The van der Waals surface area contributed by atoms with Gasteiger partial charge in [0.05, 0.1) is 0 Å². The smallest absolute Gasteiger partial charge is 0.358 e. The average Bonchev–Trinajstić information content (AvgIpc) is 2.89. The van der Waals surface area contributed by atoms with E-state index in [1.165, 1.54) is 0 Å². The van der Waals surface area contributed by atoms with Crippen molar-refractivity contribution in [1.82, 2.24) is 9.38 Å². The van der Waals surface area contributed by atoms with Crippen LogP contribution in [0, 0.1) is 6.92 Å². The summed E-state index contributed by atoms with van der Waals surface area (Å²) in [7, 11) is 0. The second-order valence-corrected chi connectivity index (χ2v) is 5.23. The van der Waals surface area contributed by atoms with Gasteiger partial charge in [-0.05, 0) is 42.3 Å². The summed E-state index contributed by atoms with van der Waals surface area (Å²) in [6, 6.07) is 11.0. The normalized spacial score (nSPS) is 10.8. The zero-order valence-electron chi connectivity index (χ0n) is 11.4. The Balaban J connectivity index is 1.73. The number of hydrogen-bond donors (Lipinski definition) is 0. The van der Waals surface area contributed by atoms with E-state index in [-0.39, 0.29) is 6.61 Å². The molecule has 0 fully saturated rings. The first-order chi connectivity index (χ1) is 10.1. The third-order valence-electron chi connectivity index (χ3n) is 3.11. The van der Waals surface area contributed by atoms with E-state index >= 15 is 0 Å². The maximum Gasteiger partial charge on any atom is 0.358 e. The molecule has 1 aromatic carbocycles. The molecule has 0 unspecified atom stereocenters. The summed E-state index contributed by atoms with van der Waals surface area (Å²) in [5, 5.41) is 0.654. The summed E-state index contributed by atoms with van der Waals surface area (Å²) >= 11 is 5.81. The number of benzene rings is 1. The van der Waals surface area contributed by atoms with E-state index < -0.39 is 5.97 Å². The van der Waals surface area contributed by atoms with Crippen LogP contribution in [0.4, 0.5) is 0 Å². The molecule has 0 saturated carbocycles. The molecule has 21 heavy (non-hydrogen) atoms. The lowest BCUT2D eigenvalue weighted by Crippen LogP contribution is -2.05. The minimum absolute atomic E-state index is 0.197. The molecular weight excluding hydrogens is 288 g/mol. The highest BCUT2D eigenvalue weighted by Crippen LogP contribution is 2.12. The number of halogens is 1. The molecule has 0 N–H and O–H groups in total. The number of carbonyl (C=O) groups is 1. The second kappa shape index (κ2) is 5.58. The summed E-state index contributed by atoms with van der Waals surface area (Å²) in [6.45, 7) is 2.18. The number of hydrogen-bond acceptors (Lipinski definition) is 3. The maximum absolute atomic E-state index is 12.0. The Kier molecular flexibility index (Phi) is 3.62. The molecule has 3 aromatic rings. The zero-order valence-corrected chi connectivity index (χ0v) is 12.2. The van der Waals surface area contributed by atoms with Gasteiger partial charge in [-0.3, -0.25) is 0 Å². The highest BCUT2D eigenvalue weighted by Gasteiger charge is 2.12. The predicted molar refractivity (Wildman–Crippen MR) is 80.5 cm³/mol. The molecule has 2 aromatic heterocycles. The van der Waals surface area contributed by atoms with E-state index in [1.54, 1.807) is 22.7 Å². The van der Waals surface area contributed by atoms with E-state index in [2.05, 4.69) is 4.98 Å². The van der Waals surface area contributed by atoms with Crippen molar-refractivity contribution in [1.29, 1.82) is 0 Å². The number of fused-ring (bicyclic) bond motifs is 1. The molecule has 0 aliphatic rings. The number of aryl methyl sites for hydroxylation is 1. The van der Waals surface area contributed by atoms with Gasteiger partial charge in [0.15, 0.2) is 5.69 Å². The average molecular weight is 301 g/mol. The first-order valence-corrected chi connectivity index (χ1v) is 6.86. The van der Waals surface area contributed by atoms with Crippen LogP contribution in [0.3, 0.4) is 0 Å². The first-order valence-electron chi connectivity index (χ1n) is 6.49. The number of rotatable bonds is 3. The molecule has 0 saturated heterocycles. The van der Waals surface area contributed by atoms with Gasteiger partial charge in [-0.25, -0.2) is 9.78 Å². The van der Waals surface area contributed by atoms with Crippen molar-refractivity contribution in [2.24, 2.45) is 0 Å². The minimum atomic E-state index is -0.439. The van der Waals surface area contributed by atoms with E-state index in [9.17, 15) is 4.79 Å². The highest BCUT2D eigenvalue weighted by atomic mass is 35.5. The van der Waals surface area contributed by atoms with E-state index in [1.807, 2.05) is 37.4 Å². The van der Waals surface area contributed by atoms with Crippen LogP contribution in [0.5, 0.6) is 0 Å². The Hall–Kier alpha value is -2.33. The Labute approximate surface area is 126 Å². The Morgan fingerprint density at radius 2 is 2.05 bits per heavy atom. The summed E-state index contributed by atoms with van der Waals surface area (Å²) in [4.78, 5) is 16.3. The molecule has 3 rings (SSSR count). The molecule has 2 heterocycles. The fraction of sp³-hybridized carbons (Fsp3) is 0.125. The van der Waals surface area contributed by atoms with E-state index in [4.69, 9.17) is 16.3 Å². The topological polar surface area (TPSA) is 43.6 Å². The third-order valence-corrected chi connectivity index (χ3v) is 3.36. The predicted octanol–water partition coefficient (Wildman–Crippen LogP) is 3.65. The molecular formula is C16H13ClN2O2. The van der Waals surface area contributed by atoms with Crippen molar-refractivity contribution < 1.29 is 9.53 Å². The van der Waals surface area contributed by atoms with Gasteiger partial charge < -0.3 is 9.14 Å². The van der Waals surface area contributed by atoms with Crippen molar-refractivity contribution in [3.63, 3.8) is 0 Å². The van der Waals surface area contributed by atoms with Crippen LogP contribution in [0.1, 0.15) is 21.6 Å². The fourth-order valence-electron chi connectivity index (χ4n) is 1.99. The standard InChI is InChI=1S/C16H13ClN2O2/c1-11-6-7-19-9-14(18-15(19)8-11)16(20)21-10-12-2-4-13(17)5-3-12/h2-9H,10H2,1H3. The van der Waals surface area contributed by atoms with Crippen molar-refractivity contribution >= 4 is 23.2 Å². The van der Waals surface area contributed by atoms with Crippen LogP contribution in [0.15, 0.2) is 48.8 Å². The summed E-state index contributed by atoms with van der Waals surface area (Å²) in [5.74, 6) is -0.439. The van der Waals surface area contributed by atoms with Gasteiger partial charge in [-0.2, -0.15) is 0 Å². The molecule has 0 aliphatic heterocycles. The summed E-state index contributed by atoms with van der Waals surface area (Å²) in [6.07, 6.45) is 3.53. The molecule has 5 heteroatoms. The number of ether oxygens (including phenoxy) is 1. The number of aromatic nitrogens is 2. The number of nitrogens with zero attached hydrogens (tertiary/aromatic N) is 2. The SMILES string of the molecule is Cc1ccn2cc(C(=O)OCc3ccc(Cl)cc3)nc2c1. The molecule has 0 amide bonds. The Bertz CT molecular complexity index is 794. The van der Waals surface area contributed by atoms with Crippen LogP contribution in [0.2, 0.25) is 5.02 Å². The van der Waals surface area contributed by atoms with Crippen molar-refractivity contribution in [2.45, 2.75) is 13.5 Å². The van der Waals surface area contributed by atoms with Crippen LogP contribution in [-0.4, -0.2) is 15.4 Å². The van der Waals surface area contributed by atoms with Gasteiger partial charge in [-0.1, -0.05) is 23.7 Å². The molecule has 0 bridgehead atoms. The largest absolute Gasteiger partial charge is 0.456 e. The van der Waals surface area contributed by atoms with Crippen molar-refractivity contribution in [2.75, 3.05) is 0 Å². The first kappa shape index (κ1) is 13.6. The molecule has 4 nitrogen and oxygen atoms in total. The molecule has 0 spiro atoms. The second-order valence-electron chi connectivity index (χ2n) is 4.80. The lowest BCUT2D eigenvalue weighted by molar-refractivity contribution is 0.0466. The van der Waals surface area contributed by atoms with E-state index in [0.717, 1.165) is 16.8 Å². The Morgan fingerprint density at radius 3 is 2.81 bits per heavy atom. The molecule has 0 atom stereocenters. The van der Waals surface area contributed by atoms with Gasteiger partial charge in [0, 0.05) is 17.4 Å². The van der Waals surface area contributed by atoms with Gasteiger partial charge in [0.1, 0.15) is 12.3 Å². The lowest BCUT2D eigenvalue weighted by Gasteiger charge is -2.02. The molecule has 0 aliphatic carbocycles. The van der Waals surface area contributed by atoms with Gasteiger partial charge in [0.2, 0.25) is 0 Å². The number of esters is 1. The van der Waals surface area contributed by atoms with E-state index in [0.29, 0.717) is 10.7 Å². The zero-order chi connectivity index (χ0) is 14.8. The summed E-state index contributed by atoms with van der Waals surface area (Å²) in [5.41, 5.74) is 3.00. The van der Waals surface area contributed by atoms with Crippen LogP contribution in [0.25, 0.3) is 5.65 Å². The van der Waals surface area contributed by atoms with Crippen LogP contribution >= 0.6 is 11.6 Å². The highest BCUT2D eigenvalue weighted by molar-refractivity contribution is 6.30. The minimum Gasteiger partial charge on any atom is -0.456 e. The van der Waals surface area contributed by atoms with Gasteiger partial charge in [-0.15, -0.1) is 0 Å².